The fraction of sp³-hybridized carbons (Fsp3) is 0.308. The van der Waals surface area contributed by atoms with Gasteiger partial charge in [-0.15, -0.1) is 0 Å². The van der Waals surface area contributed by atoms with E-state index < -0.39 is 10.8 Å². The van der Waals surface area contributed by atoms with Gasteiger partial charge in [-0.1, -0.05) is 0 Å². The van der Waals surface area contributed by atoms with Gasteiger partial charge in [-0.2, -0.15) is 0 Å². The lowest BCUT2D eigenvalue weighted by molar-refractivity contribution is -0.384. The maximum atomic E-state index is 11.6. The molecule has 2 atom stereocenters. The molecule has 0 saturated heterocycles. The number of nitrogens with one attached hydrogen (secondary N) is 2. The second-order valence-electron chi connectivity index (χ2n) is 8.27. The molecule has 0 bridgehead atoms. The second-order valence-corrected chi connectivity index (χ2v) is 8.27. The van der Waals surface area contributed by atoms with E-state index in [0.29, 0.717) is 30.0 Å². The summed E-state index contributed by atoms with van der Waals surface area (Å²) in [6.45, 7) is 7.84. The van der Waals surface area contributed by atoms with E-state index in [2.05, 4.69) is 9.97 Å². The van der Waals surface area contributed by atoms with Crippen molar-refractivity contribution in [3.05, 3.63) is 70.0 Å². The van der Waals surface area contributed by atoms with E-state index in [1.807, 2.05) is 31.2 Å². The van der Waals surface area contributed by atoms with Crippen molar-refractivity contribution in [3.8, 4) is 0 Å². The third-order valence-electron chi connectivity index (χ3n) is 5.71. The summed E-state index contributed by atoms with van der Waals surface area (Å²) in [6.07, 6.45) is 0. The summed E-state index contributed by atoms with van der Waals surface area (Å²) < 4.78 is 9.94. The van der Waals surface area contributed by atoms with Crippen LogP contribution in [0.4, 0.5) is 11.4 Å². The molecule has 0 saturated carbocycles. The monoisotopic (exact) mass is 494 g/mol. The number of nitrogen functional groups attached to an aromatic ring is 1. The van der Waals surface area contributed by atoms with E-state index in [1.165, 1.54) is 12.1 Å². The van der Waals surface area contributed by atoms with Crippen molar-refractivity contribution in [1.82, 2.24) is 9.97 Å². The number of esters is 2. The van der Waals surface area contributed by atoms with Crippen LogP contribution in [0.15, 0.2) is 48.5 Å². The Balaban J connectivity index is 0.000000202. The average Bonchev–Trinajstić information content (AvgIpc) is 3.47. The van der Waals surface area contributed by atoms with Gasteiger partial charge in [0.1, 0.15) is 0 Å². The zero-order valence-corrected chi connectivity index (χ0v) is 20.7. The number of anilines is 1. The summed E-state index contributed by atoms with van der Waals surface area (Å²) in [5.41, 5.74) is 9.73. The van der Waals surface area contributed by atoms with Crippen molar-refractivity contribution in [2.24, 2.45) is 0 Å². The van der Waals surface area contributed by atoms with Crippen molar-refractivity contribution in [2.75, 3.05) is 18.9 Å². The number of carbonyl (C=O) groups excluding carboxylic acids is 2. The van der Waals surface area contributed by atoms with Gasteiger partial charge in [-0.25, -0.2) is 0 Å². The van der Waals surface area contributed by atoms with Crippen LogP contribution < -0.4 is 5.73 Å². The van der Waals surface area contributed by atoms with Gasteiger partial charge < -0.3 is 25.2 Å². The summed E-state index contributed by atoms with van der Waals surface area (Å²) in [5, 5.41) is 12.4. The molecule has 4 N–H and O–H groups in total. The van der Waals surface area contributed by atoms with Crippen LogP contribution in [0.25, 0.3) is 21.8 Å². The molecule has 2 heterocycles. The van der Waals surface area contributed by atoms with Gasteiger partial charge in [0.2, 0.25) is 0 Å². The van der Waals surface area contributed by atoms with Crippen LogP contribution in [0, 0.1) is 10.1 Å². The number of H-pyrrole nitrogens is 2. The van der Waals surface area contributed by atoms with E-state index in [4.69, 9.17) is 15.2 Å². The average molecular weight is 495 g/mol. The van der Waals surface area contributed by atoms with Crippen LogP contribution >= 0.6 is 0 Å². The predicted octanol–water partition coefficient (Wildman–Crippen LogP) is 5.16. The van der Waals surface area contributed by atoms with Gasteiger partial charge in [-0.3, -0.25) is 19.7 Å². The minimum atomic E-state index is -0.444. The number of aromatic nitrogens is 2. The standard InChI is InChI=1S/C13H14N2O4.C13H16N2O2/c1-3-19-13(16)8(2)12-7-9-6-10(15(17)18)4-5-11(9)14-12;1-3-17-13(16)8(2)12-7-9-6-10(14)4-5-11(9)15-12/h4-8,14H,3H2,1-2H3;4-8,15H,3,14H2,1-2H3. The number of aromatic amines is 2. The SMILES string of the molecule is CCOC(=O)C(C)c1cc2cc(N)ccc2[nH]1.CCOC(=O)C(C)c1cc2cc([N+](=O)[O-])ccc2[nH]1. The normalized spacial score (nSPS) is 12.4. The van der Waals surface area contributed by atoms with Crippen LogP contribution in [0.2, 0.25) is 0 Å². The Morgan fingerprint density at radius 2 is 1.33 bits per heavy atom. The molecular formula is C26H30N4O6. The van der Waals surface area contributed by atoms with Gasteiger partial charge >= 0.3 is 11.9 Å². The number of nitro groups is 1. The van der Waals surface area contributed by atoms with Gasteiger partial charge in [-0.05, 0) is 64.1 Å². The Bertz CT molecular complexity index is 1390. The van der Waals surface area contributed by atoms with Crippen LogP contribution in [0.5, 0.6) is 0 Å². The topological polar surface area (TPSA) is 153 Å². The molecule has 4 rings (SSSR count). The third-order valence-corrected chi connectivity index (χ3v) is 5.71. The van der Waals surface area contributed by atoms with Gasteiger partial charge in [0.05, 0.1) is 30.0 Å². The molecule has 0 aliphatic carbocycles. The number of nitro benzene ring substituents is 1. The smallest absolute Gasteiger partial charge is 0.314 e. The number of hydrogen-bond donors (Lipinski definition) is 3. The Labute approximate surface area is 207 Å². The van der Waals surface area contributed by atoms with Crippen LogP contribution in [0.1, 0.15) is 50.9 Å². The van der Waals surface area contributed by atoms with Crippen LogP contribution in [0.3, 0.4) is 0 Å². The number of fused-ring (bicyclic) bond motifs is 2. The summed E-state index contributed by atoms with van der Waals surface area (Å²) in [5.74, 6) is -1.24. The van der Waals surface area contributed by atoms with Gasteiger partial charge in [0.25, 0.3) is 5.69 Å². The highest BCUT2D eigenvalue weighted by atomic mass is 16.6. The Hall–Kier alpha value is -4.34. The maximum Gasteiger partial charge on any atom is 0.314 e. The highest BCUT2D eigenvalue weighted by Gasteiger charge is 2.20. The van der Waals surface area contributed by atoms with E-state index in [-0.39, 0.29) is 23.5 Å². The minimum absolute atomic E-state index is 0.0295. The molecule has 0 radical (unpaired) electrons. The van der Waals surface area contributed by atoms with E-state index in [9.17, 15) is 19.7 Å². The predicted molar refractivity (Wildman–Crippen MR) is 138 cm³/mol. The summed E-state index contributed by atoms with van der Waals surface area (Å²) >= 11 is 0. The molecule has 36 heavy (non-hydrogen) atoms. The molecule has 0 fully saturated rings. The Morgan fingerprint density at radius 1 is 0.861 bits per heavy atom. The fourth-order valence-corrected chi connectivity index (χ4v) is 3.68. The quantitative estimate of drug-likeness (QED) is 0.139. The maximum absolute atomic E-state index is 11.6. The molecular weight excluding hydrogens is 464 g/mol. The first-order chi connectivity index (χ1) is 17.1. The molecule has 190 valence electrons. The molecule has 10 nitrogen and oxygen atoms in total. The van der Waals surface area contributed by atoms with Gasteiger partial charge in [0.15, 0.2) is 0 Å². The van der Waals surface area contributed by atoms with Crippen molar-refractivity contribution >= 4 is 45.1 Å². The Morgan fingerprint density at radius 3 is 1.81 bits per heavy atom. The van der Waals surface area contributed by atoms with Crippen LogP contribution in [-0.2, 0) is 19.1 Å². The number of rotatable bonds is 7. The largest absolute Gasteiger partial charge is 0.465 e. The highest BCUT2D eigenvalue weighted by molar-refractivity contribution is 5.87. The number of benzene rings is 2. The first kappa shape index (κ1) is 26.3. The first-order valence-electron chi connectivity index (χ1n) is 11.6. The molecule has 2 aromatic heterocycles. The number of non-ortho nitro benzene ring substituents is 1. The summed E-state index contributed by atoms with van der Waals surface area (Å²) in [7, 11) is 0. The zero-order chi connectivity index (χ0) is 26.4. The first-order valence-corrected chi connectivity index (χ1v) is 11.6. The molecule has 10 heteroatoms. The number of ether oxygens (including phenoxy) is 2. The molecule has 2 unspecified atom stereocenters. The summed E-state index contributed by atoms with van der Waals surface area (Å²) in [4.78, 5) is 39.8. The Kier molecular flexibility index (Phi) is 8.31. The minimum Gasteiger partial charge on any atom is -0.465 e. The van der Waals surface area contributed by atoms with Crippen LogP contribution in [-0.4, -0.2) is 40.0 Å². The molecule has 0 spiro atoms. The highest BCUT2D eigenvalue weighted by Crippen LogP contribution is 2.26. The lowest BCUT2D eigenvalue weighted by atomic mass is 10.1. The van der Waals surface area contributed by atoms with Crippen molar-refractivity contribution in [2.45, 2.75) is 39.5 Å². The number of hydrogen-bond acceptors (Lipinski definition) is 7. The van der Waals surface area contributed by atoms with Crippen molar-refractivity contribution < 1.29 is 24.0 Å². The fourth-order valence-electron chi connectivity index (χ4n) is 3.68. The van der Waals surface area contributed by atoms with E-state index in [0.717, 1.165) is 22.1 Å². The second kappa shape index (κ2) is 11.4. The molecule has 4 aromatic rings. The molecule has 2 aromatic carbocycles. The van der Waals surface area contributed by atoms with Crippen molar-refractivity contribution in [1.29, 1.82) is 0 Å². The number of nitrogens with zero attached hydrogens (tertiary/aromatic N) is 1. The molecule has 0 aliphatic rings. The van der Waals surface area contributed by atoms with Crippen molar-refractivity contribution in [3.63, 3.8) is 0 Å². The lowest BCUT2D eigenvalue weighted by Gasteiger charge is -2.07. The summed E-state index contributed by atoms with van der Waals surface area (Å²) in [6, 6.07) is 13.8. The zero-order valence-electron chi connectivity index (χ0n) is 20.7. The number of nitrogens with two attached hydrogens (primary N) is 1. The van der Waals surface area contributed by atoms with E-state index >= 15 is 0 Å². The van der Waals surface area contributed by atoms with E-state index in [1.54, 1.807) is 32.9 Å². The third kappa shape index (κ3) is 6.01. The lowest BCUT2D eigenvalue weighted by Crippen LogP contribution is -2.13. The molecule has 0 aliphatic heterocycles. The molecule has 0 amide bonds. The van der Waals surface area contributed by atoms with Gasteiger partial charge in [0, 0.05) is 51.0 Å². The number of carbonyl (C=O) groups is 2.